The van der Waals surface area contributed by atoms with E-state index in [0.717, 1.165) is 42.6 Å². The molecule has 0 spiro atoms. The van der Waals surface area contributed by atoms with Crippen LogP contribution in [0.25, 0.3) is 0 Å². The molecule has 4 bridgehead atoms. The number of aliphatic imine (C=N–C) groups is 1. The van der Waals surface area contributed by atoms with Crippen molar-refractivity contribution in [2.24, 2.45) is 21.9 Å². The van der Waals surface area contributed by atoms with Gasteiger partial charge in [-0.1, -0.05) is 53.0 Å². The number of aliphatic hydroxyl groups is 1. The Hall–Kier alpha value is -3.23. The standard InChI is InChI=1S/C35H54N6O6S2/c1-24(42)47-29-9-8-25-15-27(33(45)30(16-25)46-2)21-41-22-35(20-32(41)44,19-26-10-12-38-31(36)17-26)11-13-39-34(37)40-23-49-48-14-6-4-3-5-7-28(43)18-29/h10,15-17,28-29,38,43,45H,3-9,11-14,18-23,36H2,1-2H3,(H3,37,39,40)/t28-,29+,35-/m0/s1. The number of amides is 1. The summed E-state index contributed by atoms with van der Waals surface area (Å²) >= 11 is 0. The minimum atomic E-state index is -0.566. The molecule has 49 heavy (non-hydrogen) atoms. The predicted molar refractivity (Wildman–Crippen MR) is 197 cm³/mol. The fraction of sp³-hybridized carbons (Fsp3) is 0.629. The van der Waals surface area contributed by atoms with Crippen molar-refractivity contribution >= 4 is 39.4 Å². The van der Waals surface area contributed by atoms with Gasteiger partial charge in [-0.05, 0) is 61.8 Å². The summed E-state index contributed by atoms with van der Waals surface area (Å²) in [6.45, 7) is 3.29. The number of nitrogens with one attached hydrogen (secondary N) is 2. The highest BCUT2D eigenvalue weighted by atomic mass is 33.1. The third kappa shape index (κ3) is 12.6. The van der Waals surface area contributed by atoms with Gasteiger partial charge in [0.15, 0.2) is 17.5 Å². The maximum Gasteiger partial charge on any atom is 0.302 e. The summed E-state index contributed by atoms with van der Waals surface area (Å²) in [5.74, 6) is 2.50. The highest BCUT2D eigenvalue weighted by molar-refractivity contribution is 8.76. The summed E-state index contributed by atoms with van der Waals surface area (Å²) < 4.78 is 11.1. The first-order chi connectivity index (χ1) is 23.6. The summed E-state index contributed by atoms with van der Waals surface area (Å²) in [5, 5.41) is 28.3. The van der Waals surface area contributed by atoms with Crippen LogP contribution >= 0.6 is 21.6 Å². The maximum absolute atomic E-state index is 13.6. The van der Waals surface area contributed by atoms with Crippen LogP contribution in [0.1, 0.15) is 82.3 Å². The first kappa shape index (κ1) is 38.6. The van der Waals surface area contributed by atoms with Crippen molar-refractivity contribution in [1.29, 1.82) is 0 Å². The first-order valence-corrected chi connectivity index (χ1v) is 19.7. The van der Waals surface area contributed by atoms with Crippen LogP contribution in [-0.2, 0) is 27.3 Å². The minimum Gasteiger partial charge on any atom is -0.504 e. The number of nitrogens with two attached hydrogens (primary N) is 2. The van der Waals surface area contributed by atoms with E-state index >= 15 is 0 Å². The number of aliphatic hydroxyl groups excluding tert-OH is 1. The molecule has 3 aliphatic heterocycles. The average Bonchev–Trinajstić information content (AvgIpc) is 3.34. The molecule has 272 valence electrons. The molecular formula is C35H54N6O6S2. The van der Waals surface area contributed by atoms with E-state index in [1.165, 1.54) is 14.0 Å². The van der Waals surface area contributed by atoms with Gasteiger partial charge < -0.3 is 46.7 Å². The van der Waals surface area contributed by atoms with E-state index in [-0.39, 0.29) is 29.6 Å². The van der Waals surface area contributed by atoms with Crippen molar-refractivity contribution in [1.82, 2.24) is 15.5 Å². The number of rotatable bonds is 4. The molecule has 1 fully saturated rings. The van der Waals surface area contributed by atoms with Crippen LogP contribution in [0.3, 0.4) is 0 Å². The second-order valence-electron chi connectivity index (χ2n) is 13.3. The van der Waals surface area contributed by atoms with Crippen molar-refractivity contribution in [2.45, 2.75) is 96.3 Å². The molecule has 0 aliphatic carbocycles. The number of fused-ring (bicyclic) bond motifs is 4. The molecule has 1 amide bonds. The van der Waals surface area contributed by atoms with Crippen molar-refractivity contribution < 1.29 is 29.3 Å². The molecule has 14 heteroatoms. The van der Waals surface area contributed by atoms with Crippen molar-refractivity contribution in [3.63, 3.8) is 0 Å². The lowest BCUT2D eigenvalue weighted by molar-refractivity contribution is -0.148. The molecule has 0 saturated carbocycles. The molecule has 1 aromatic carbocycles. The number of allylic oxidation sites excluding steroid dienone is 2. The maximum atomic E-state index is 13.6. The minimum absolute atomic E-state index is 0.00452. The number of hydrogen-bond acceptors (Lipinski definition) is 13. The van der Waals surface area contributed by atoms with Crippen LogP contribution in [0.4, 0.5) is 0 Å². The number of dihydropyridines is 1. The number of ether oxygens (including phenoxy) is 2. The number of carbonyl (C=O) groups excluding carboxylic acids is 2. The van der Waals surface area contributed by atoms with E-state index in [2.05, 4.69) is 21.7 Å². The van der Waals surface area contributed by atoms with Crippen molar-refractivity contribution in [3.05, 3.63) is 46.8 Å². The van der Waals surface area contributed by atoms with Crippen LogP contribution in [0.2, 0.25) is 0 Å². The topological polar surface area (TPSA) is 185 Å². The SMILES string of the molecule is COc1cc2cc(c1O)CN1C[C@](CC3=CCNC(N)=C3)(CCNC(N)=NCSSCCCCCC[C@H](O)C[C@H](OC(C)=O)CC2)CC1=O. The summed E-state index contributed by atoms with van der Waals surface area (Å²) in [6, 6.07) is 3.67. The number of guanidine groups is 1. The smallest absolute Gasteiger partial charge is 0.302 e. The Labute approximate surface area is 298 Å². The van der Waals surface area contributed by atoms with Crippen LogP contribution < -0.4 is 26.8 Å². The van der Waals surface area contributed by atoms with Crippen LogP contribution in [0.5, 0.6) is 11.5 Å². The number of phenols is 1. The summed E-state index contributed by atoms with van der Waals surface area (Å²) in [7, 11) is 4.95. The number of phenolic OH excluding ortho intramolecular Hbond substituents is 1. The van der Waals surface area contributed by atoms with Crippen LogP contribution in [0.15, 0.2) is 40.7 Å². The number of benzene rings is 1. The monoisotopic (exact) mass is 718 g/mol. The Kier molecular flexibility index (Phi) is 15.1. The van der Waals surface area contributed by atoms with Gasteiger partial charge in [-0.3, -0.25) is 9.59 Å². The van der Waals surface area contributed by atoms with Gasteiger partial charge in [-0.15, -0.1) is 0 Å². The number of aromatic hydroxyl groups is 1. The number of esters is 1. The highest BCUT2D eigenvalue weighted by Crippen LogP contribution is 2.43. The zero-order valence-corrected chi connectivity index (χ0v) is 30.5. The van der Waals surface area contributed by atoms with E-state index in [1.807, 2.05) is 12.1 Å². The second kappa shape index (κ2) is 19.2. The Balaban J connectivity index is 1.57. The zero-order chi connectivity index (χ0) is 35.2. The number of carbonyl (C=O) groups is 2. The third-order valence-corrected chi connectivity index (χ3v) is 11.4. The Morgan fingerprint density at radius 3 is 2.76 bits per heavy atom. The molecule has 1 saturated heterocycles. The molecule has 3 atom stereocenters. The van der Waals surface area contributed by atoms with Crippen LogP contribution in [0, 0.1) is 5.41 Å². The van der Waals surface area contributed by atoms with Crippen molar-refractivity contribution in [2.75, 3.05) is 38.4 Å². The fourth-order valence-electron chi connectivity index (χ4n) is 6.83. The lowest BCUT2D eigenvalue weighted by Gasteiger charge is -2.31. The Morgan fingerprint density at radius 1 is 1.16 bits per heavy atom. The molecule has 1 aromatic rings. The van der Waals surface area contributed by atoms with E-state index in [1.54, 1.807) is 32.6 Å². The number of methoxy groups -OCH3 is 1. The van der Waals surface area contributed by atoms with Gasteiger partial charge in [0.05, 0.1) is 24.9 Å². The molecule has 4 rings (SSSR count). The second-order valence-corrected chi connectivity index (χ2v) is 15.9. The molecule has 0 unspecified atom stereocenters. The number of aryl methyl sites for hydroxylation is 1. The molecule has 0 aromatic heterocycles. The zero-order valence-electron chi connectivity index (χ0n) is 28.9. The molecule has 3 heterocycles. The molecule has 8 N–H and O–H groups in total. The third-order valence-electron chi connectivity index (χ3n) is 9.26. The largest absolute Gasteiger partial charge is 0.504 e. The number of hydrogen-bond donors (Lipinski definition) is 6. The van der Waals surface area contributed by atoms with E-state index in [0.29, 0.717) is 93.6 Å². The van der Waals surface area contributed by atoms with E-state index in [4.69, 9.17) is 20.9 Å². The number of nitrogens with zero attached hydrogens (tertiary/aromatic N) is 2. The Bertz CT molecular complexity index is 1370. The van der Waals surface area contributed by atoms with Gasteiger partial charge in [-0.25, -0.2) is 4.99 Å². The normalized spacial score (nSPS) is 25.6. The molecular weight excluding hydrogens is 665 g/mol. The highest BCUT2D eigenvalue weighted by Gasteiger charge is 2.43. The quantitative estimate of drug-likeness (QED) is 0.194. The molecule has 0 radical (unpaired) electrons. The van der Waals surface area contributed by atoms with Crippen LogP contribution in [-0.4, -0.2) is 83.5 Å². The van der Waals surface area contributed by atoms with E-state index in [9.17, 15) is 19.8 Å². The van der Waals surface area contributed by atoms with Gasteiger partial charge in [0.1, 0.15) is 6.10 Å². The average molecular weight is 719 g/mol. The first-order valence-electron chi connectivity index (χ1n) is 17.3. The van der Waals surface area contributed by atoms with Gasteiger partial charge >= 0.3 is 5.97 Å². The lowest BCUT2D eigenvalue weighted by atomic mass is 9.77. The predicted octanol–water partition coefficient (Wildman–Crippen LogP) is 4.05. The van der Waals surface area contributed by atoms with Crippen molar-refractivity contribution in [3.8, 4) is 11.5 Å². The summed E-state index contributed by atoms with van der Waals surface area (Å²) in [4.78, 5) is 31.9. The summed E-state index contributed by atoms with van der Waals surface area (Å²) in [5.41, 5.74) is 14.5. The molecule has 3 aliphatic rings. The fourth-order valence-corrected chi connectivity index (χ4v) is 8.62. The Morgan fingerprint density at radius 2 is 1.98 bits per heavy atom. The van der Waals surface area contributed by atoms with Gasteiger partial charge in [0, 0.05) is 62.7 Å². The van der Waals surface area contributed by atoms with Gasteiger partial charge in [-0.2, -0.15) is 0 Å². The van der Waals surface area contributed by atoms with Gasteiger partial charge in [0.25, 0.3) is 0 Å². The summed E-state index contributed by atoms with van der Waals surface area (Å²) in [6.07, 6.45) is 10.9. The lowest BCUT2D eigenvalue weighted by Crippen LogP contribution is -2.37. The van der Waals surface area contributed by atoms with Gasteiger partial charge in [0.2, 0.25) is 5.91 Å². The van der Waals surface area contributed by atoms with E-state index < -0.39 is 12.2 Å². The molecule has 12 nitrogen and oxygen atoms in total.